The van der Waals surface area contributed by atoms with Crippen LogP contribution in [0.15, 0.2) is 54.6 Å². The molecule has 2 N–H and O–H groups in total. The second kappa shape index (κ2) is 9.39. The van der Waals surface area contributed by atoms with E-state index in [1.807, 2.05) is 59.5 Å². The average Bonchev–Trinajstić information content (AvgIpc) is 2.79. The molecule has 1 atom stereocenters. The highest BCUT2D eigenvalue weighted by Crippen LogP contribution is 2.39. The summed E-state index contributed by atoms with van der Waals surface area (Å²) in [5, 5.41) is 20.0. The molecule has 2 aromatic carbocycles. The molecule has 0 aromatic heterocycles. The molecule has 1 unspecified atom stereocenters. The second-order valence-corrected chi connectivity index (χ2v) is 8.78. The summed E-state index contributed by atoms with van der Waals surface area (Å²) in [6.45, 7) is 1.84. The Balaban J connectivity index is 1.34. The zero-order valence-electron chi connectivity index (χ0n) is 17.8. The molecular formula is C25H31NO5. The third-order valence-electron chi connectivity index (χ3n) is 6.50. The summed E-state index contributed by atoms with van der Waals surface area (Å²) in [5.74, 6) is 0.802. The van der Waals surface area contributed by atoms with Crippen LogP contribution in [0.25, 0.3) is 0 Å². The largest absolute Gasteiger partial charge is 0.489 e. The lowest BCUT2D eigenvalue weighted by molar-refractivity contribution is -0.189. The van der Waals surface area contributed by atoms with Crippen LogP contribution in [0.4, 0.5) is 0 Å². The number of piperidine rings is 1. The number of nitrogens with zero attached hydrogens (tertiary/aromatic N) is 1. The van der Waals surface area contributed by atoms with E-state index < -0.39 is 11.2 Å². The minimum Gasteiger partial charge on any atom is -0.489 e. The molecule has 0 bridgehead atoms. The molecule has 1 amide bonds. The Morgan fingerprint density at radius 3 is 2.48 bits per heavy atom. The van der Waals surface area contributed by atoms with E-state index in [-0.39, 0.29) is 12.5 Å². The highest BCUT2D eigenvalue weighted by atomic mass is 16.5. The first-order valence-corrected chi connectivity index (χ1v) is 11.0. The molecule has 4 rings (SSSR count). The number of hydrogen-bond acceptors (Lipinski definition) is 5. The third-order valence-corrected chi connectivity index (χ3v) is 6.50. The molecular weight excluding hydrogens is 394 g/mol. The summed E-state index contributed by atoms with van der Waals surface area (Å²) < 4.78 is 12.0. The zero-order valence-corrected chi connectivity index (χ0v) is 17.8. The highest BCUT2D eigenvalue weighted by Gasteiger charge is 2.46. The van der Waals surface area contributed by atoms with Gasteiger partial charge in [-0.05, 0) is 24.5 Å². The number of rotatable bonds is 6. The zero-order chi connectivity index (χ0) is 21.7. The first-order chi connectivity index (χ1) is 15.0. The fourth-order valence-corrected chi connectivity index (χ4v) is 4.62. The monoisotopic (exact) mass is 425 g/mol. The van der Waals surface area contributed by atoms with E-state index in [1.165, 1.54) is 0 Å². The normalized spacial score (nSPS) is 23.0. The van der Waals surface area contributed by atoms with E-state index in [0.29, 0.717) is 58.4 Å². The number of carbonyl (C=O) groups is 1. The minimum atomic E-state index is -1.07. The average molecular weight is 426 g/mol. The Bertz CT molecular complexity index is 878. The Hall–Kier alpha value is -2.41. The van der Waals surface area contributed by atoms with Gasteiger partial charge in [-0.2, -0.15) is 0 Å². The maximum absolute atomic E-state index is 13.0. The first kappa shape index (κ1) is 21.8. The summed E-state index contributed by atoms with van der Waals surface area (Å²) >= 11 is 0. The van der Waals surface area contributed by atoms with Gasteiger partial charge in [0.2, 0.25) is 5.91 Å². The summed E-state index contributed by atoms with van der Waals surface area (Å²) in [6.07, 6.45) is 2.52. The smallest absolute Gasteiger partial charge is 0.227 e. The van der Waals surface area contributed by atoms with Crippen molar-refractivity contribution in [2.75, 3.05) is 26.3 Å². The fraction of sp³-hybridized carbons (Fsp3) is 0.480. The lowest BCUT2D eigenvalue weighted by Gasteiger charge is -2.48. The molecule has 2 aromatic rings. The number of ether oxygens (including phenoxy) is 2. The number of amides is 1. The van der Waals surface area contributed by atoms with E-state index in [9.17, 15) is 15.0 Å². The topological polar surface area (TPSA) is 79.2 Å². The summed E-state index contributed by atoms with van der Waals surface area (Å²) in [4.78, 5) is 14.9. The highest BCUT2D eigenvalue weighted by molar-refractivity contribution is 5.79. The maximum atomic E-state index is 13.0. The molecule has 2 fully saturated rings. The molecule has 166 valence electrons. The van der Waals surface area contributed by atoms with Crippen LogP contribution < -0.4 is 4.74 Å². The van der Waals surface area contributed by atoms with Gasteiger partial charge in [-0.3, -0.25) is 4.79 Å². The van der Waals surface area contributed by atoms with Crippen molar-refractivity contribution in [2.45, 2.75) is 49.9 Å². The number of benzene rings is 2. The quantitative estimate of drug-likeness (QED) is 0.744. The van der Waals surface area contributed by atoms with Crippen molar-refractivity contribution in [1.82, 2.24) is 4.90 Å². The predicted octanol–water partition coefficient (Wildman–Crippen LogP) is 2.70. The number of hydrogen-bond donors (Lipinski definition) is 2. The Morgan fingerprint density at radius 2 is 1.74 bits per heavy atom. The van der Waals surface area contributed by atoms with Crippen LogP contribution in [0.2, 0.25) is 0 Å². The van der Waals surface area contributed by atoms with Gasteiger partial charge in [-0.15, -0.1) is 0 Å². The van der Waals surface area contributed by atoms with E-state index in [1.54, 1.807) is 0 Å². The molecule has 2 saturated heterocycles. The van der Waals surface area contributed by atoms with Gasteiger partial charge >= 0.3 is 0 Å². The molecule has 2 heterocycles. The molecule has 6 nitrogen and oxygen atoms in total. The van der Waals surface area contributed by atoms with Crippen molar-refractivity contribution >= 4 is 5.91 Å². The van der Waals surface area contributed by atoms with Gasteiger partial charge in [-0.25, -0.2) is 0 Å². The standard InChI is InChI=1S/C25H31NO5/c27-19-24(29)12-15-31-25(18-24)10-13-26(14-11-25)23(28)16-21-8-4-5-9-22(21)30-17-20-6-2-1-3-7-20/h1-9,27,29H,10-19H2. The number of aliphatic hydroxyl groups is 2. The van der Waals surface area contributed by atoms with Crippen molar-refractivity contribution in [3.05, 3.63) is 65.7 Å². The van der Waals surface area contributed by atoms with Crippen LogP contribution in [-0.4, -0.2) is 58.5 Å². The first-order valence-electron chi connectivity index (χ1n) is 11.0. The Labute approximate surface area is 183 Å². The van der Waals surface area contributed by atoms with Crippen molar-refractivity contribution < 1.29 is 24.5 Å². The van der Waals surface area contributed by atoms with Crippen LogP contribution in [0.3, 0.4) is 0 Å². The van der Waals surface area contributed by atoms with Crippen LogP contribution >= 0.6 is 0 Å². The summed E-state index contributed by atoms with van der Waals surface area (Å²) in [6, 6.07) is 17.7. The van der Waals surface area contributed by atoms with Gasteiger partial charge < -0.3 is 24.6 Å². The van der Waals surface area contributed by atoms with Gasteiger partial charge in [0.15, 0.2) is 0 Å². The van der Waals surface area contributed by atoms with E-state index >= 15 is 0 Å². The molecule has 0 aliphatic carbocycles. The Morgan fingerprint density at radius 1 is 1.03 bits per heavy atom. The van der Waals surface area contributed by atoms with E-state index in [2.05, 4.69) is 0 Å². The van der Waals surface area contributed by atoms with Crippen LogP contribution in [0.1, 0.15) is 36.8 Å². The van der Waals surface area contributed by atoms with Gasteiger partial charge in [-0.1, -0.05) is 48.5 Å². The van der Waals surface area contributed by atoms with E-state index in [4.69, 9.17) is 9.47 Å². The van der Waals surface area contributed by atoms with Crippen LogP contribution in [0, 0.1) is 0 Å². The van der Waals surface area contributed by atoms with Crippen molar-refractivity contribution in [1.29, 1.82) is 0 Å². The molecule has 6 heteroatoms. The lowest BCUT2D eigenvalue weighted by Crippen LogP contribution is -2.56. The maximum Gasteiger partial charge on any atom is 0.227 e. The molecule has 0 saturated carbocycles. The molecule has 31 heavy (non-hydrogen) atoms. The van der Waals surface area contributed by atoms with Crippen molar-refractivity contribution in [3.63, 3.8) is 0 Å². The Kier molecular flexibility index (Phi) is 6.60. The molecule has 1 spiro atoms. The third kappa shape index (κ3) is 5.26. The summed E-state index contributed by atoms with van der Waals surface area (Å²) in [5.41, 5.74) is 0.454. The lowest BCUT2D eigenvalue weighted by atomic mass is 9.77. The second-order valence-electron chi connectivity index (χ2n) is 8.78. The molecule has 2 aliphatic rings. The summed E-state index contributed by atoms with van der Waals surface area (Å²) in [7, 11) is 0. The van der Waals surface area contributed by atoms with Gasteiger partial charge in [0.1, 0.15) is 12.4 Å². The molecule has 2 aliphatic heterocycles. The minimum absolute atomic E-state index is 0.0684. The van der Waals surface area contributed by atoms with Gasteiger partial charge in [0.05, 0.1) is 30.8 Å². The SMILES string of the molecule is O=C(Cc1ccccc1OCc1ccccc1)N1CCC2(CC1)CC(O)(CO)CCO2. The van der Waals surface area contributed by atoms with E-state index in [0.717, 1.165) is 16.9 Å². The molecule has 0 radical (unpaired) electrons. The number of carbonyl (C=O) groups excluding carboxylic acids is 1. The van der Waals surface area contributed by atoms with Crippen LogP contribution in [-0.2, 0) is 22.6 Å². The van der Waals surface area contributed by atoms with Gasteiger partial charge in [0.25, 0.3) is 0 Å². The van der Waals surface area contributed by atoms with Crippen LogP contribution in [0.5, 0.6) is 5.75 Å². The number of aliphatic hydroxyl groups excluding tert-OH is 1. The number of likely N-dealkylation sites (tertiary alicyclic amines) is 1. The van der Waals surface area contributed by atoms with Crippen molar-refractivity contribution in [2.24, 2.45) is 0 Å². The van der Waals surface area contributed by atoms with Crippen molar-refractivity contribution in [3.8, 4) is 5.75 Å². The fourth-order valence-electron chi connectivity index (χ4n) is 4.62. The predicted molar refractivity (Wildman–Crippen MR) is 117 cm³/mol. The number of para-hydroxylation sites is 1. The van der Waals surface area contributed by atoms with Gasteiger partial charge in [0, 0.05) is 31.5 Å².